The second-order valence-corrected chi connectivity index (χ2v) is 6.90. The number of carbonyl (C=O) groups excluding carboxylic acids is 2. The van der Waals surface area contributed by atoms with E-state index in [1.807, 2.05) is 32.9 Å². The lowest BCUT2D eigenvalue weighted by Crippen LogP contribution is -2.48. The Kier molecular flexibility index (Phi) is 7.15. The molecule has 28 heavy (non-hydrogen) atoms. The summed E-state index contributed by atoms with van der Waals surface area (Å²) in [6.45, 7) is 7.22. The van der Waals surface area contributed by atoms with E-state index in [0.29, 0.717) is 11.3 Å². The first-order chi connectivity index (χ1) is 13.2. The van der Waals surface area contributed by atoms with E-state index in [-0.39, 0.29) is 19.1 Å². The maximum atomic E-state index is 14.1. The lowest BCUT2D eigenvalue weighted by atomic mass is 10.1. The summed E-state index contributed by atoms with van der Waals surface area (Å²) in [6.07, 6.45) is 0. The van der Waals surface area contributed by atoms with Gasteiger partial charge in [0, 0.05) is 19.2 Å². The first kappa shape index (κ1) is 21.4. The quantitative estimate of drug-likeness (QED) is 0.794. The summed E-state index contributed by atoms with van der Waals surface area (Å²) in [6, 6.07) is 9.36. The topological polar surface area (TPSA) is 58.6 Å². The number of aryl methyl sites for hydroxylation is 2. The van der Waals surface area contributed by atoms with Gasteiger partial charge in [0.25, 0.3) is 5.91 Å². The fourth-order valence-corrected chi connectivity index (χ4v) is 2.97. The molecule has 2 rings (SSSR count). The molecule has 2 amide bonds. The molecule has 0 aliphatic rings. The van der Waals surface area contributed by atoms with Crippen molar-refractivity contribution in [1.82, 2.24) is 10.2 Å². The van der Waals surface area contributed by atoms with Gasteiger partial charge in [-0.25, -0.2) is 4.39 Å². The van der Waals surface area contributed by atoms with Crippen LogP contribution in [-0.4, -0.2) is 36.4 Å². The molecule has 0 spiro atoms. The number of carbonyl (C=O) groups is 2. The van der Waals surface area contributed by atoms with Crippen LogP contribution in [0.25, 0.3) is 0 Å². The van der Waals surface area contributed by atoms with Crippen LogP contribution in [-0.2, 0) is 16.1 Å². The maximum Gasteiger partial charge on any atom is 0.261 e. The van der Waals surface area contributed by atoms with Crippen LogP contribution in [0.15, 0.2) is 36.4 Å². The molecular formula is C22H27FN2O3. The third-order valence-corrected chi connectivity index (χ3v) is 4.83. The number of likely N-dealkylation sites (N-methyl/N-ethyl adjacent to an activating group) is 1. The van der Waals surface area contributed by atoms with Crippen LogP contribution in [0, 0.1) is 26.6 Å². The highest BCUT2D eigenvalue weighted by Crippen LogP contribution is 2.23. The van der Waals surface area contributed by atoms with E-state index in [1.54, 1.807) is 25.1 Å². The normalized spacial score (nSPS) is 11.6. The molecule has 2 aromatic carbocycles. The minimum Gasteiger partial charge on any atom is -0.483 e. The van der Waals surface area contributed by atoms with Gasteiger partial charge in [0.05, 0.1) is 0 Å². The maximum absolute atomic E-state index is 14.1. The SMILES string of the molecule is CNC(=O)[C@H](C)N(Cc1ccccc1F)C(=O)COc1cc(C)cc(C)c1C. The molecule has 0 aromatic heterocycles. The average Bonchev–Trinajstić information content (AvgIpc) is 2.67. The second-order valence-electron chi connectivity index (χ2n) is 6.90. The van der Waals surface area contributed by atoms with Crippen LogP contribution in [0.2, 0.25) is 0 Å². The van der Waals surface area contributed by atoms with E-state index in [0.717, 1.165) is 16.7 Å². The zero-order valence-corrected chi connectivity index (χ0v) is 17.0. The highest BCUT2D eigenvalue weighted by atomic mass is 19.1. The van der Waals surface area contributed by atoms with Crippen LogP contribution in [0.1, 0.15) is 29.2 Å². The summed E-state index contributed by atoms with van der Waals surface area (Å²) in [5.41, 5.74) is 3.41. The smallest absolute Gasteiger partial charge is 0.261 e. The van der Waals surface area contributed by atoms with Gasteiger partial charge < -0.3 is 15.0 Å². The van der Waals surface area contributed by atoms with Gasteiger partial charge in [-0.05, 0) is 56.5 Å². The first-order valence-corrected chi connectivity index (χ1v) is 9.19. The molecule has 150 valence electrons. The van der Waals surface area contributed by atoms with Crippen LogP contribution in [0.4, 0.5) is 4.39 Å². The Bertz CT molecular complexity index is 867. The van der Waals surface area contributed by atoms with Gasteiger partial charge >= 0.3 is 0 Å². The van der Waals surface area contributed by atoms with Crippen molar-refractivity contribution < 1.29 is 18.7 Å². The van der Waals surface area contributed by atoms with Gasteiger partial charge in [-0.1, -0.05) is 24.3 Å². The van der Waals surface area contributed by atoms with E-state index in [1.165, 1.54) is 18.0 Å². The number of benzene rings is 2. The third kappa shape index (κ3) is 5.09. The minimum absolute atomic E-state index is 0.0186. The van der Waals surface area contributed by atoms with Crippen molar-refractivity contribution in [2.75, 3.05) is 13.7 Å². The molecule has 6 heteroatoms. The van der Waals surface area contributed by atoms with Crippen LogP contribution >= 0.6 is 0 Å². The number of hydrogen-bond donors (Lipinski definition) is 1. The Hall–Kier alpha value is -2.89. The molecule has 5 nitrogen and oxygen atoms in total. The molecule has 0 bridgehead atoms. The molecular weight excluding hydrogens is 359 g/mol. The molecule has 1 atom stereocenters. The standard InChI is InChI=1S/C22H27FN2O3/c1-14-10-15(2)16(3)20(11-14)28-13-21(26)25(17(4)22(27)24-5)12-18-8-6-7-9-19(18)23/h6-11,17H,12-13H2,1-5H3,(H,24,27)/t17-/m0/s1. The fraction of sp³-hybridized carbons (Fsp3) is 0.364. The average molecular weight is 386 g/mol. The van der Waals surface area contributed by atoms with Crippen LogP contribution in [0.3, 0.4) is 0 Å². The minimum atomic E-state index is -0.763. The summed E-state index contributed by atoms with van der Waals surface area (Å²) in [5, 5.41) is 2.53. The van der Waals surface area contributed by atoms with Crippen molar-refractivity contribution >= 4 is 11.8 Å². The van der Waals surface area contributed by atoms with Crippen molar-refractivity contribution in [3.63, 3.8) is 0 Å². The van der Waals surface area contributed by atoms with E-state index in [2.05, 4.69) is 5.32 Å². The van der Waals surface area contributed by atoms with Crippen molar-refractivity contribution in [3.05, 3.63) is 64.5 Å². The van der Waals surface area contributed by atoms with Gasteiger partial charge in [0.15, 0.2) is 6.61 Å². The summed E-state index contributed by atoms with van der Waals surface area (Å²) in [5.74, 6) is -0.509. The predicted octanol–water partition coefficient (Wildman–Crippen LogP) is 3.29. The lowest BCUT2D eigenvalue weighted by Gasteiger charge is -2.28. The van der Waals surface area contributed by atoms with Gasteiger partial charge in [-0.2, -0.15) is 0 Å². The van der Waals surface area contributed by atoms with Gasteiger partial charge in [0.1, 0.15) is 17.6 Å². The predicted molar refractivity (Wildman–Crippen MR) is 107 cm³/mol. The Labute approximate surface area is 165 Å². The Balaban J connectivity index is 2.21. The lowest BCUT2D eigenvalue weighted by molar-refractivity contribution is -0.142. The fourth-order valence-electron chi connectivity index (χ4n) is 2.97. The van der Waals surface area contributed by atoms with Crippen LogP contribution < -0.4 is 10.1 Å². The number of nitrogens with zero attached hydrogens (tertiary/aromatic N) is 1. The zero-order chi connectivity index (χ0) is 20.8. The van der Waals surface area contributed by atoms with Gasteiger partial charge in [-0.3, -0.25) is 9.59 Å². The summed E-state index contributed by atoms with van der Waals surface area (Å²) < 4.78 is 19.8. The molecule has 0 saturated heterocycles. The highest BCUT2D eigenvalue weighted by Gasteiger charge is 2.26. The Morgan fingerprint density at radius 3 is 2.50 bits per heavy atom. The Morgan fingerprint density at radius 2 is 1.86 bits per heavy atom. The molecule has 1 N–H and O–H groups in total. The van der Waals surface area contributed by atoms with Crippen LogP contribution in [0.5, 0.6) is 5.75 Å². The van der Waals surface area contributed by atoms with E-state index in [9.17, 15) is 14.0 Å². The molecule has 0 aliphatic heterocycles. The monoisotopic (exact) mass is 386 g/mol. The molecule has 2 aromatic rings. The van der Waals surface area contributed by atoms with E-state index < -0.39 is 17.8 Å². The Morgan fingerprint density at radius 1 is 1.18 bits per heavy atom. The summed E-state index contributed by atoms with van der Waals surface area (Å²) in [7, 11) is 1.50. The number of rotatable bonds is 7. The molecule has 0 radical (unpaired) electrons. The third-order valence-electron chi connectivity index (χ3n) is 4.83. The van der Waals surface area contributed by atoms with Crippen molar-refractivity contribution in [3.8, 4) is 5.75 Å². The number of halogens is 1. The molecule has 0 unspecified atom stereocenters. The van der Waals surface area contributed by atoms with Crippen molar-refractivity contribution in [2.45, 2.75) is 40.3 Å². The first-order valence-electron chi connectivity index (χ1n) is 9.19. The number of nitrogens with one attached hydrogen (secondary N) is 1. The molecule has 0 aliphatic carbocycles. The van der Waals surface area contributed by atoms with Crippen molar-refractivity contribution in [2.24, 2.45) is 0 Å². The highest BCUT2D eigenvalue weighted by molar-refractivity contribution is 5.87. The zero-order valence-electron chi connectivity index (χ0n) is 17.0. The van der Waals surface area contributed by atoms with Crippen molar-refractivity contribution in [1.29, 1.82) is 0 Å². The number of ether oxygens (including phenoxy) is 1. The molecule has 0 heterocycles. The number of hydrogen-bond acceptors (Lipinski definition) is 3. The van der Waals surface area contributed by atoms with Gasteiger partial charge in [-0.15, -0.1) is 0 Å². The van der Waals surface area contributed by atoms with E-state index in [4.69, 9.17) is 4.74 Å². The van der Waals surface area contributed by atoms with Gasteiger partial charge in [0.2, 0.25) is 5.91 Å². The van der Waals surface area contributed by atoms with E-state index >= 15 is 0 Å². The number of amides is 2. The second kappa shape index (κ2) is 9.35. The molecule has 0 fully saturated rings. The largest absolute Gasteiger partial charge is 0.483 e. The summed E-state index contributed by atoms with van der Waals surface area (Å²) in [4.78, 5) is 26.3. The molecule has 0 saturated carbocycles. The summed E-state index contributed by atoms with van der Waals surface area (Å²) >= 11 is 0.